The molecular formula is C20H18F2N4O2. The summed E-state index contributed by atoms with van der Waals surface area (Å²) in [5.41, 5.74) is 1.24. The van der Waals surface area contributed by atoms with Crippen LogP contribution in [0.25, 0.3) is 11.4 Å². The summed E-state index contributed by atoms with van der Waals surface area (Å²) in [6.45, 7) is 1.10. The third kappa shape index (κ3) is 4.00. The van der Waals surface area contributed by atoms with Gasteiger partial charge in [0.15, 0.2) is 0 Å². The van der Waals surface area contributed by atoms with Gasteiger partial charge in [0, 0.05) is 30.3 Å². The minimum atomic E-state index is -0.349. The van der Waals surface area contributed by atoms with Crippen LogP contribution in [-0.2, 0) is 0 Å². The summed E-state index contributed by atoms with van der Waals surface area (Å²) in [6.07, 6.45) is 1.39. The number of amides is 2. The van der Waals surface area contributed by atoms with Crippen molar-refractivity contribution in [2.75, 3.05) is 18.4 Å². The lowest BCUT2D eigenvalue weighted by Crippen LogP contribution is -2.40. The molecule has 0 spiro atoms. The van der Waals surface area contributed by atoms with Crippen molar-refractivity contribution < 1.29 is 18.1 Å². The minimum Gasteiger partial charge on any atom is -0.339 e. The van der Waals surface area contributed by atoms with Gasteiger partial charge in [-0.1, -0.05) is 5.16 Å². The van der Waals surface area contributed by atoms with Gasteiger partial charge in [-0.25, -0.2) is 13.6 Å². The standard InChI is InChI=1S/C20H18F2N4O2/c21-15-3-1-13(2-4-15)18-24-19(28-25-18)14-9-11-26(12-10-14)20(27)23-17-7-5-16(22)6-8-17/h1-8,14H,9-12H2,(H,23,27). The normalized spacial score (nSPS) is 14.9. The molecule has 0 saturated carbocycles. The van der Waals surface area contributed by atoms with Gasteiger partial charge >= 0.3 is 6.03 Å². The number of likely N-dealkylation sites (tertiary alicyclic amines) is 1. The van der Waals surface area contributed by atoms with Crippen LogP contribution >= 0.6 is 0 Å². The third-order valence-electron chi connectivity index (χ3n) is 4.77. The Kier molecular flexibility index (Phi) is 5.01. The average Bonchev–Trinajstić information content (AvgIpc) is 3.20. The summed E-state index contributed by atoms with van der Waals surface area (Å²) in [5, 5.41) is 6.74. The van der Waals surface area contributed by atoms with Crippen LogP contribution in [-0.4, -0.2) is 34.2 Å². The molecule has 2 heterocycles. The van der Waals surface area contributed by atoms with E-state index in [1.54, 1.807) is 17.0 Å². The number of anilines is 1. The summed E-state index contributed by atoms with van der Waals surface area (Å²) in [5.74, 6) is 0.345. The zero-order chi connectivity index (χ0) is 19.5. The second-order valence-electron chi connectivity index (χ2n) is 6.66. The van der Waals surface area contributed by atoms with Crippen LogP contribution in [0.5, 0.6) is 0 Å². The van der Waals surface area contributed by atoms with Crippen molar-refractivity contribution in [3.8, 4) is 11.4 Å². The molecule has 8 heteroatoms. The highest BCUT2D eigenvalue weighted by atomic mass is 19.1. The fourth-order valence-corrected chi connectivity index (χ4v) is 3.18. The maximum atomic E-state index is 13.0. The molecule has 1 aliphatic heterocycles. The molecule has 0 aliphatic carbocycles. The Morgan fingerprint density at radius 3 is 2.25 bits per heavy atom. The van der Waals surface area contributed by atoms with E-state index in [2.05, 4.69) is 15.5 Å². The highest BCUT2D eigenvalue weighted by molar-refractivity contribution is 5.89. The predicted octanol–water partition coefficient (Wildman–Crippen LogP) is 4.43. The number of nitrogens with zero attached hydrogens (tertiary/aromatic N) is 3. The fraction of sp³-hybridized carbons (Fsp3) is 0.250. The van der Waals surface area contributed by atoms with Crippen molar-refractivity contribution >= 4 is 11.7 Å². The van der Waals surface area contributed by atoms with Crippen molar-refractivity contribution in [1.29, 1.82) is 0 Å². The number of halogens is 2. The maximum Gasteiger partial charge on any atom is 0.321 e. The van der Waals surface area contributed by atoms with Gasteiger partial charge in [0.2, 0.25) is 11.7 Å². The van der Waals surface area contributed by atoms with E-state index < -0.39 is 0 Å². The molecule has 6 nitrogen and oxygen atoms in total. The number of aromatic nitrogens is 2. The number of urea groups is 1. The number of piperidine rings is 1. The van der Waals surface area contributed by atoms with Crippen LogP contribution in [0.3, 0.4) is 0 Å². The number of benzene rings is 2. The smallest absolute Gasteiger partial charge is 0.321 e. The molecule has 2 aromatic carbocycles. The molecule has 1 N–H and O–H groups in total. The van der Waals surface area contributed by atoms with Crippen LogP contribution in [0.1, 0.15) is 24.7 Å². The van der Waals surface area contributed by atoms with Gasteiger partial charge in [0.1, 0.15) is 11.6 Å². The predicted molar refractivity (Wildman–Crippen MR) is 98.7 cm³/mol. The van der Waals surface area contributed by atoms with E-state index in [9.17, 15) is 13.6 Å². The van der Waals surface area contributed by atoms with Crippen LogP contribution in [0.2, 0.25) is 0 Å². The third-order valence-corrected chi connectivity index (χ3v) is 4.77. The van der Waals surface area contributed by atoms with E-state index in [0.717, 1.165) is 0 Å². The lowest BCUT2D eigenvalue weighted by molar-refractivity contribution is 0.187. The molecule has 4 rings (SSSR count). The van der Waals surface area contributed by atoms with Gasteiger partial charge in [-0.05, 0) is 61.4 Å². The zero-order valence-electron chi connectivity index (χ0n) is 14.9. The number of rotatable bonds is 3. The molecule has 3 aromatic rings. The van der Waals surface area contributed by atoms with Gasteiger partial charge in [0.25, 0.3) is 0 Å². The first-order valence-corrected chi connectivity index (χ1v) is 8.99. The van der Waals surface area contributed by atoms with Gasteiger partial charge in [-0.3, -0.25) is 0 Å². The quantitative estimate of drug-likeness (QED) is 0.725. The second-order valence-corrected chi connectivity index (χ2v) is 6.66. The Balaban J connectivity index is 1.34. The van der Waals surface area contributed by atoms with Crippen LogP contribution in [0, 0.1) is 11.6 Å². The fourth-order valence-electron chi connectivity index (χ4n) is 3.18. The Hall–Kier alpha value is -3.29. The summed E-state index contributed by atoms with van der Waals surface area (Å²) >= 11 is 0. The Labute approximate surface area is 160 Å². The highest BCUT2D eigenvalue weighted by Gasteiger charge is 2.27. The minimum absolute atomic E-state index is 0.0663. The van der Waals surface area contributed by atoms with E-state index in [1.165, 1.54) is 36.4 Å². The first-order valence-electron chi connectivity index (χ1n) is 8.99. The molecule has 2 amide bonds. The Morgan fingerprint density at radius 1 is 1.00 bits per heavy atom. The molecule has 1 aliphatic rings. The molecule has 1 aromatic heterocycles. The van der Waals surface area contributed by atoms with Gasteiger partial charge in [-0.2, -0.15) is 4.98 Å². The number of hydrogen-bond donors (Lipinski definition) is 1. The van der Waals surface area contributed by atoms with E-state index in [4.69, 9.17) is 4.52 Å². The molecule has 0 unspecified atom stereocenters. The number of hydrogen-bond acceptors (Lipinski definition) is 4. The monoisotopic (exact) mass is 384 g/mol. The SMILES string of the molecule is O=C(Nc1ccc(F)cc1)N1CCC(c2nc(-c3ccc(F)cc3)no2)CC1. The Morgan fingerprint density at radius 2 is 1.61 bits per heavy atom. The average molecular weight is 384 g/mol. The Bertz CT molecular complexity index is 949. The molecule has 0 radical (unpaired) electrons. The molecule has 1 saturated heterocycles. The molecule has 0 bridgehead atoms. The number of carbonyl (C=O) groups excluding carboxylic acids is 1. The van der Waals surface area contributed by atoms with Gasteiger partial charge in [-0.15, -0.1) is 0 Å². The van der Waals surface area contributed by atoms with Crippen molar-refractivity contribution in [3.05, 3.63) is 66.1 Å². The van der Waals surface area contributed by atoms with Gasteiger partial charge in [0.05, 0.1) is 0 Å². The lowest BCUT2D eigenvalue weighted by Gasteiger charge is -2.30. The van der Waals surface area contributed by atoms with Crippen molar-refractivity contribution in [2.45, 2.75) is 18.8 Å². The second kappa shape index (κ2) is 7.75. The molecule has 1 fully saturated rings. The van der Waals surface area contributed by atoms with Crippen LogP contribution in [0.4, 0.5) is 19.3 Å². The molecule has 28 heavy (non-hydrogen) atoms. The van der Waals surface area contributed by atoms with E-state index in [-0.39, 0.29) is 23.6 Å². The lowest BCUT2D eigenvalue weighted by atomic mass is 9.97. The van der Waals surface area contributed by atoms with Crippen molar-refractivity contribution in [3.63, 3.8) is 0 Å². The first-order chi connectivity index (χ1) is 13.6. The highest BCUT2D eigenvalue weighted by Crippen LogP contribution is 2.29. The molecular weight excluding hydrogens is 366 g/mol. The first kappa shape index (κ1) is 18.1. The molecule has 144 valence electrons. The number of carbonyl (C=O) groups is 1. The number of nitrogens with one attached hydrogen (secondary N) is 1. The summed E-state index contributed by atoms with van der Waals surface area (Å²) in [4.78, 5) is 18.5. The maximum absolute atomic E-state index is 13.0. The summed E-state index contributed by atoms with van der Waals surface area (Å²) in [6, 6.07) is 11.3. The van der Waals surface area contributed by atoms with E-state index in [0.29, 0.717) is 48.9 Å². The van der Waals surface area contributed by atoms with Gasteiger partial charge < -0.3 is 14.7 Å². The van der Waals surface area contributed by atoms with Crippen LogP contribution < -0.4 is 5.32 Å². The summed E-state index contributed by atoms with van der Waals surface area (Å²) in [7, 11) is 0. The van der Waals surface area contributed by atoms with Crippen molar-refractivity contribution in [1.82, 2.24) is 15.0 Å². The van der Waals surface area contributed by atoms with E-state index >= 15 is 0 Å². The largest absolute Gasteiger partial charge is 0.339 e. The molecule has 0 atom stereocenters. The van der Waals surface area contributed by atoms with Crippen molar-refractivity contribution in [2.24, 2.45) is 0 Å². The van der Waals surface area contributed by atoms with E-state index in [1.807, 2.05) is 0 Å². The van der Waals surface area contributed by atoms with Crippen LogP contribution in [0.15, 0.2) is 53.1 Å². The summed E-state index contributed by atoms with van der Waals surface area (Å²) < 4.78 is 31.4. The topological polar surface area (TPSA) is 71.3 Å². The zero-order valence-corrected chi connectivity index (χ0v) is 14.9.